The number of carbonyl (C=O) groups is 1. The normalized spacial score (nSPS) is 20.3. The summed E-state index contributed by atoms with van der Waals surface area (Å²) in [7, 11) is 0. The fourth-order valence-corrected chi connectivity index (χ4v) is 2.31. The molecule has 1 rings (SSSR count). The molecule has 0 bridgehead atoms. The Labute approximate surface area is 92.3 Å². The van der Waals surface area contributed by atoms with E-state index in [0.29, 0.717) is 12.5 Å². The summed E-state index contributed by atoms with van der Waals surface area (Å²) in [6, 6.07) is 0. The fraction of sp³-hybridized carbons (Fsp3) is 0.917. The summed E-state index contributed by atoms with van der Waals surface area (Å²) in [6.07, 6.45) is 4.29. The first-order chi connectivity index (χ1) is 6.93. The van der Waals surface area contributed by atoms with Gasteiger partial charge in [0.2, 0.25) is 5.91 Å². The molecular weight excluding hydrogens is 190 g/mol. The molecule has 2 N–H and O–H groups in total. The lowest BCUT2D eigenvalue weighted by atomic mass is 9.77. The van der Waals surface area contributed by atoms with E-state index >= 15 is 0 Å². The van der Waals surface area contributed by atoms with E-state index < -0.39 is 6.10 Å². The smallest absolute Gasteiger partial charge is 0.248 e. The predicted molar refractivity (Wildman–Crippen MR) is 60.4 cm³/mol. The molecule has 1 aliphatic carbocycles. The second-order valence-corrected chi connectivity index (χ2v) is 5.36. The SMILES string of the molecule is CC(O)C(=O)NCC(C)(C)C1CCCC1. The average molecular weight is 213 g/mol. The Morgan fingerprint density at radius 3 is 2.47 bits per heavy atom. The zero-order valence-corrected chi connectivity index (χ0v) is 10.0. The van der Waals surface area contributed by atoms with E-state index in [0.717, 1.165) is 0 Å². The molecule has 15 heavy (non-hydrogen) atoms. The van der Waals surface area contributed by atoms with E-state index in [1.165, 1.54) is 32.6 Å². The highest BCUT2D eigenvalue weighted by Crippen LogP contribution is 2.38. The van der Waals surface area contributed by atoms with Crippen molar-refractivity contribution in [2.75, 3.05) is 6.54 Å². The van der Waals surface area contributed by atoms with Crippen LogP contribution in [0, 0.1) is 11.3 Å². The molecule has 0 heterocycles. The number of rotatable bonds is 4. The maximum Gasteiger partial charge on any atom is 0.248 e. The van der Waals surface area contributed by atoms with Crippen molar-refractivity contribution in [2.24, 2.45) is 11.3 Å². The van der Waals surface area contributed by atoms with Gasteiger partial charge in [0.05, 0.1) is 0 Å². The van der Waals surface area contributed by atoms with Crippen molar-refractivity contribution in [1.29, 1.82) is 0 Å². The van der Waals surface area contributed by atoms with Crippen LogP contribution in [-0.4, -0.2) is 23.7 Å². The molecular formula is C12H23NO2. The molecule has 0 saturated heterocycles. The fourth-order valence-electron chi connectivity index (χ4n) is 2.31. The lowest BCUT2D eigenvalue weighted by molar-refractivity contribution is -0.129. The van der Waals surface area contributed by atoms with Gasteiger partial charge in [-0.3, -0.25) is 4.79 Å². The van der Waals surface area contributed by atoms with Crippen molar-refractivity contribution in [2.45, 2.75) is 52.6 Å². The van der Waals surface area contributed by atoms with Gasteiger partial charge in [0.25, 0.3) is 0 Å². The minimum atomic E-state index is -0.899. The summed E-state index contributed by atoms with van der Waals surface area (Å²) >= 11 is 0. The van der Waals surface area contributed by atoms with Crippen LogP contribution in [0.1, 0.15) is 46.5 Å². The topological polar surface area (TPSA) is 49.3 Å². The van der Waals surface area contributed by atoms with Crippen molar-refractivity contribution in [1.82, 2.24) is 5.32 Å². The van der Waals surface area contributed by atoms with Crippen LogP contribution in [0.5, 0.6) is 0 Å². The number of nitrogens with one attached hydrogen (secondary N) is 1. The zero-order chi connectivity index (χ0) is 11.5. The van der Waals surface area contributed by atoms with Gasteiger partial charge in [-0.1, -0.05) is 26.7 Å². The molecule has 0 aromatic rings. The van der Waals surface area contributed by atoms with E-state index in [4.69, 9.17) is 5.11 Å². The average Bonchev–Trinajstić information content (AvgIpc) is 2.67. The van der Waals surface area contributed by atoms with Crippen LogP contribution in [0.25, 0.3) is 0 Å². The first kappa shape index (κ1) is 12.5. The monoisotopic (exact) mass is 213 g/mol. The summed E-state index contributed by atoms with van der Waals surface area (Å²) in [5, 5.41) is 11.9. The van der Waals surface area contributed by atoms with Gasteiger partial charge in [0.15, 0.2) is 0 Å². The van der Waals surface area contributed by atoms with Gasteiger partial charge in [-0.15, -0.1) is 0 Å². The van der Waals surface area contributed by atoms with Crippen LogP contribution < -0.4 is 5.32 Å². The van der Waals surface area contributed by atoms with Crippen molar-refractivity contribution < 1.29 is 9.90 Å². The molecule has 1 saturated carbocycles. The maximum atomic E-state index is 11.2. The van der Waals surface area contributed by atoms with Gasteiger partial charge >= 0.3 is 0 Å². The second-order valence-electron chi connectivity index (χ2n) is 5.36. The van der Waals surface area contributed by atoms with Crippen LogP contribution in [0.2, 0.25) is 0 Å². The summed E-state index contributed by atoms with van der Waals surface area (Å²) < 4.78 is 0. The van der Waals surface area contributed by atoms with Crippen molar-refractivity contribution in [3.05, 3.63) is 0 Å². The number of amides is 1. The second kappa shape index (κ2) is 4.97. The molecule has 3 heteroatoms. The van der Waals surface area contributed by atoms with E-state index in [2.05, 4.69) is 19.2 Å². The Kier molecular flexibility index (Phi) is 4.14. The van der Waals surface area contributed by atoms with Crippen molar-refractivity contribution in [3.63, 3.8) is 0 Å². The Morgan fingerprint density at radius 1 is 1.47 bits per heavy atom. The highest BCUT2D eigenvalue weighted by molar-refractivity contribution is 5.79. The molecule has 0 radical (unpaired) electrons. The zero-order valence-electron chi connectivity index (χ0n) is 10.0. The Morgan fingerprint density at radius 2 is 2.00 bits per heavy atom. The Hall–Kier alpha value is -0.570. The first-order valence-corrected chi connectivity index (χ1v) is 5.89. The quantitative estimate of drug-likeness (QED) is 0.746. The lowest BCUT2D eigenvalue weighted by Crippen LogP contribution is -2.41. The Bertz CT molecular complexity index is 218. The van der Waals surface area contributed by atoms with E-state index in [9.17, 15) is 4.79 Å². The molecule has 0 spiro atoms. The van der Waals surface area contributed by atoms with Gasteiger partial charge in [-0.2, -0.15) is 0 Å². The predicted octanol–water partition coefficient (Wildman–Crippen LogP) is 1.70. The maximum absolute atomic E-state index is 11.2. The summed E-state index contributed by atoms with van der Waals surface area (Å²) in [5.74, 6) is 0.452. The molecule has 88 valence electrons. The number of aliphatic hydroxyl groups is 1. The molecule has 1 aliphatic rings. The number of hydrogen-bond donors (Lipinski definition) is 2. The molecule has 1 unspecified atom stereocenters. The van der Waals surface area contributed by atoms with Gasteiger partial charge in [0.1, 0.15) is 6.10 Å². The van der Waals surface area contributed by atoms with Crippen molar-refractivity contribution >= 4 is 5.91 Å². The summed E-state index contributed by atoms with van der Waals surface area (Å²) in [5.41, 5.74) is 0.154. The first-order valence-electron chi connectivity index (χ1n) is 5.89. The molecule has 0 aromatic carbocycles. The highest BCUT2D eigenvalue weighted by Gasteiger charge is 2.32. The third-order valence-electron chi connectivity index (χ3n) is 3.56. The third-order valence-corrected chi connectivity index (χ3v) is 3.56. The van der Waals surface area contributed by atoms with E-state index in [1.807, 2.05) is 0 Å². The van der Waals surface area contributed by atoms with E-state index in [1.54, 1.807) is 0 Å². The Balaban J connectivity index is 2.38. The van der Waals surface area contributed by atoms with Gasteiger partial charge in [-0.25, -0.2) is 0 Å². The van der Waals surface area contributed by atoms with Gasteiger partial charge in [0, 0.05) is 6.54 Å². The number of aliphatic hydroxyl groups excluding tert-OH is 1. The molecule has 1 fully saturated rings. The minimum Gasteiger partial charge on any atom is -0.384 e. The van der Waals surface area contributed by atoms with Gasteiger partial charge < -0.3 is 10.4 Å². The van der Waals surface area contributed by atoms with Crippen LogP contribution in [0.4, 0.5) is 0 Å². The number of carbonyl (C=O) groups excluding carboxylic acids is 1. The standard InChI is InChI=1S/C12H23NO2/c1-9(14)11(15)13-8-12(2,3)10-6-4-5-7-10/h9-10,14H,4-8H2,1-3H3,(H,13,15). The van der Waals surface area contributed by atoms with Gasteiger partial charge in [-0.05, 0) is 31.1 Å². The van der Waals surface area contributed by atoms with Crippen LogP contribution in [-0.2, 0) is 4.79 Å². The van der Waals surface area contributed by atoms with Crippen LogP contribution in [0.15, 0.2) is 0 Å². The van der Waals surface area contributed by atoms with E-state index in [-0.39, 0.29) is 11.3 Å². The largest absolute Gasteiger partial charge is 0.384 e. The number of hydrogen-bond acceptors (Lipinski definition) is 2. The third kappa shape index (κ3) is 3.49. The highest BCUT2D eigenvalue weighted by atomic mass is 16.3. The van der Waals surface area contributed by atoms with Crippen molar-refractivity contribution in [3.8, 4) is 0 Å². The summed E-state index contributed by atoms with van der Waals surface area (Å²) in [6.45, 7) is 6.57. The van der Waals surface area contributed by atoms with Crippen LogP contribution in [0.3, 0.4) is 0 Å². The van der Waals surface area contributed by atoms with Crippen LogP contribution >= 0.6 is 0 Å². The lowest BCUT2D eigenvalue weighted by Gasteiger charge is -2.32. The molecule has 0 aliphatic heterocycles. The minimum absolute atomic E-state index is 0.154. The molecule has 1 atom stereocenters. The molecule has 0 aromatic heterocycles. The molecule has 1 amide bonds. The molecule has 3 nitrogen and oxygen atoms in total. The summed E-state index contributed by atoms with van der Waals surface area (Å²) in [4.78, 5) is 11.2.